The van der Waals surface area contributed by atoms with Crippen LogP contribution in [-0.2, 0) is 4.79 Å². The molecule has 7 heteroatoms. The van der Waals surface area contributed by atoms with Crippen molar-refractivity contribution in [3.05, 3.63) is 30.5 Å². The van der Waals surface area contributed by atoms with Crippen molar-refractivity contribution >= 4 is 33.5 Å². The summed E-state index contributed by atoms with van der Waals surface area (Å²) in [5.41, 5.74) is 2.82. The van der Waals surface area contributed by atoms with E-state index in [9.17, 15) is 4.79 Å². The maximum absolute atomic E-state index is 12.2. The molecule has 0 spiro atoms. The lowest BCUT2D eigenvalue weighted by Gasteiger charge is -2.16. The maximum atomic E-state index is 12.2. The second kappa shape index (κ2) is 6.92. The molecule has 1 aromatic carbocycles. The van der Waals surface area contributed by atoms with Crippen LogP contribution in [0.1, 0.15) is 20.8 Å². The van der Waals surface area contributed by atoms with Crippen molar-refractivity contribution in [1.29, 1.82) is 0 Å². The number of fused-ring (bicyclic) bond motifs is 1. The number of carbonyl (C=O) groups is 1. The zero-order valence-electron chi connectivity index (χ0n) is 15.4. The van der Waals surface area contributed by atoms with Gasteiger partial charge in [0.2, 0.25) is 5.91 Å². The highest BCUT2D eigenvalue weighted by Gasteiger charge is 2.23. The monoisotopic (exact) mass is 371 g/mol. The Hall–Kier alpha value is -2.67. The molecule has 26 heavy (non-hydrogen) atoms. The lowest BCUT2D eigenvalue weighted by atomic mass is 9.96. The Bertz CT molecular complexity index is 960. The number of hydrogen-bond acceptors (Lipinski definition) is 6. The van der Waals surface area contributed by atoms with E-state index in [1.54, 1.807) is 20.4 Å². The molecule has 6 nitrogen and oxygen atoms in total. The van der Waals surface area contributed by atoms with Crippen LogP contribution >= 0.6 is 11.5 Å². The predicted octanol–water partition coefficient (Wildman–Crippen LogP) is 4.36. The van der Waals surface area contributed by atoms with Crippen molar-refractivity contribution in [3.63, 3.8) is 0 Å². The molecule has 3 aromatic rings. The smallest absolute Gasteiger partial charge is 0.230 e. The lowest BCUT2D eigenvalue weighted by Crippen LogP contribution is -2.27. The average Bonchev–Trinajstić information content (AvgIpc) is 3.02. The van der Waals surface area contributed by atoms with Gasteiger partial charge < -0.3 is 14.8 Å². The van der Waals surface area contributed by atoms with Crippen molar-refractivity contribution in [2.24, 2.45) is 5.41 Å². The summed E-state index contributed by atoms with van der Waals surface area (Å²) in [6, 6.07) is 7.65. The molecular weight excluding hydrogens is 350 g/mol. The Morgan fingerprint density at radius 2 is 1.81 bits per heavy atom. The molecule has 2 heterocycles. The number of ether oxygens (including phenoxy) is 2. The predicted molar refractivity (Wildman–Crippen MR) is 104 cm³/mol. The van der Waals surface area contributed by atoms with E-state index in [4.69, 9.17) is 9.47 Å². The van der Waals surface area contributed by atoms with E-state index in [0.29, 0.717) is 22.0 Å². The van der Waals surface area contributed by atoms with E-state index < -0.39 is 5.41 Å². The number of pyridine rings is 1. The number of hydrogen-bond donors (Lipinski definition) is 1. The first-order valence-corrected chi connectivity index (χ1v) is 8.90. The summed E-state index contributed by atoms with van der Waals surface area (Å²) in [4.78, 5) is 16.7. The van der Waals surface area contributed by atoms with Gasteiger partial charge >= 0.3 is 0 Å². The Morgan fingerprint density at radius 3 is 2.46 bits per heavy atom. The molecule has 0 bridgehead atoms. The van der Waals surface area contributed by atoms with Gasteiger partial charge in [-0.2, -0.15) is 4.37 Å². The average molecular weight is 371 g/mol. The van der Waals surface area contributed by atoms with Gasteiger partial charge in [0.1, 0.15) is 16.0 Å². The van der Waals surface area contributed by atoms with Crippen molar-refractivity contribution in [3.8, 4) is 22.6 Å². The van der Waals surface area contributed by atoms with Crippen molar-refractivity contribution in [2.75, 3.05) is 19.5 Å². The minimum atomic E-state index is -0.476. The molecular formula is C19H21N3O3S. The molecule has 0 saturated heterocycles. The number of amides is 1. The first-order chi connectivity index (χ1) is 12.3. The van der Waals surface area contributed by atoms with Crippen molar-refractivity contribution in [2.45, 2.75) is 20.8 Å². The second-order valence-electron chi connectivity index (χ2n) is 6.88. The van der Waals surface area contributed by atoms with E-state index in [2.05, 4.69) is 14.7 Å². The van der Waals surface area contributed by atoms with Gasteiger partial charge in [0.15, 0.2) is 11.5 Å². The first kappa shape index (κ1) is 18.1. The molecule has 0 saturated carbocycles. The van der Waals surface area contributed by atoms with Gasteiger partial charge in [0, 0.05) is 17.2 Å². The van der Waals surface area contributed by atoms with E-state index in [-0.39, 0.29) is 5.91 Å². The first-order valence-electron chi connectivity index (χ1n) is 8.13. The van der Waals surface area contributed by atoms with Crippen LogP contribution in [0.4, 0.5) is 5.00 Å². The Morgan fingerprint density at radius 1 is 1.08 bits per heavy atom. The molecule has 0 atom stereocenters. The van der Waals surface area contributed by atoms with Gasteiger partial charge in [0.25, 0.3) is 0 Å². The lowest BCUT2D eigenvalue weighted by molar-refractivity contribution is -0.123. The van der Waals surface area contributed by atoms with E-state index in [1.807, 2.05) is 45.0 Å². The van der Waals surface area contributed by atoms with Gasteiger partial charge in [-0.1, -0.05) is 26.8 Å². The molecule has 0 unspecified atom stereocenters. The standard InChI is InChI=1S/C19H21N3O3S/c1-19(2,3)18(23)21-17-16-13(22-26-17)8-12(10-20-16)11-6-7-14(24-4)15(9-11)25-5/h6-10H,1-5H3,(H,21,23). The van der Waals surface area contributed by atoms with Crippen LogP contribution in [0.25, 0.3) is 22.2 Å². The molecule has 1 amide bonds. The van der Waals surface area contributed by atoms with Crippen molar-refractivity contribution in [1.82, 2.24) is 9.36 Å². The fraction of sp³-hybridized carbons (Fsp3) is 0.316. The highest BCUT2D eigenvalue weighted by Crippen LogP contribution is 2.34. The Labute approximate surface area is 156 Å². The fourth-order valence-electron chi connectivity index (χ4n) is 2.38. The molecule has 1 N–H and O–H groups in total. The quantitative estimate of drug-likeness (QED) is 0.738. The number of methoxy groups -OCH3 is 2. The van der Waals surface area contributed by atoms with Gasteiger partial charge in [-0.25, -0.2) is 0 Å². The number of carbonyl (C=O) groups excluding carboxylic acids is 1. The largest absolute Gasteiger partial charge is 0.493 e. The van der Waals surface area contributed by atoms with Gasteiger partial charge in [-0.05, 0) is 35.3 Å². The Balaban J connectivity index is 1.95. The number of nitrogens with one attached hydrogen (secondary N) is 1. The summed E-state index contributed by atoms with van der Waals surface area (Å²) in [6.45, 7) is 5.61. The molecule has 3 rings (SSSR count). The number of anilines is 1. The van der Waals surface area contributed by atoms with Crippen LogP contribution in [0, 0.1) is 5.41 Å². The van der Waals surface area contributed by atoms with Gasteiger partial charge in [0.05, 0.1) is 14.2 Å². The minimum Gasteiger partial charge on any atom is -0.493 e. The van der Waals surface area contributed by atoms with Crippen LogP contribution in [-0.4, -0.2) is 29.5 Å². The molecule has 0 aliphatic rings. The number of benzene rings is 1. The van der Waals surface area contributed by atoms with Crippen LogP contribution in [0.3, 0.4) is 0 Å². The maximum Gasteiger partial charge on any atom is 0.230 e. The molecule has 136 valence electrons. The number of rotatable bonds is 4. The van der Waals surface area contributed by atoms with E-state index in [0.717, 1.165) is 16.6 Å². The van der Waals surface area contributed by atoms with Crippen LogP contribution in [0.2, 0.25) is 0 Å². The third-order valence-electron chi connectivity index (χ3n) is 3.94. The minimum absolute atomic E-state index is 0.0613. The molecule has 0 aliphatic heterocycles. The summed E-state index contributed by atoms with van der Waals surface area (Å²) in [5, 5.41) is 3.58. The van der Waals surface area contributed by atoms with E-state index in [1.165, 1.54) is 11.5 Å². The van der Waals surface area contributed by atoms with Crippen LogP contribution < -0.4 is 14.8 Å². The molecule has 0 fully saturated rings. The summed E-state index contributed by atoms with van der Waals surface area (Å²) in [5.74, 6) is 1.27. The van der Waals surface area contributed by atoms with E-state index >= 15 is 0 Å². The van der Waals surface area contributed by atoms with Crippen LogP contribution in [0.5, 0.6) is 11.5 Å². The summed E-state index contributed by atoms with van der Waals surface area (Å²) in [6.07, 6.45) is 1.77. The summed E-state index contributed by atoms with van der Waals surface area (Å²) < 4.78 is 15.1. The molecule has 0 aliphatic carbocycles. The highest BCUT2D eigenvalue weighted by atomic mass is 32.1. The third-order valence-corrected chi connectivity index (χ3v) is 4.71. The highest BCUT2D eigenvalue weighted by molar-refractivity contribution is 7.12. The zero-order chi connectivity index (χ0) is 18.9. The number of nitrogens with zero attached hydrogens (tertiary/aromatic N) is 2. The second-order valence-corrected chi connectivity index (χ2v) is 7.65. The summed E-state index contributed by atoms with van der Waals surface area (Å²) >= 11 is 1.24. The topological polar surface area (TPSA) is 73.3 Å². The molecule has 2 aromatic heterocycles. The molecule has 0 radical (unpaired) electrons. The van der Waals surface area contributed by atoms with Gasteiger partial charge in [-0.15, -0.1) is 0 Å². The van der Waals surface area contributed by atoms with Crippen LogP contribution in [0.15, 0.2) is 30.5 Å². The number of aromatic nitrogens is 2. The Kier molecular flexibility index (Phi) is 4.82. The SMILES string of the molecule is COc1ccc(-c2cnc3c(NC(=O)C(C)(C)C)snc3c2)cc1OC. The third kappa shape index (κ3) is 3.48. The summed E-state index contributed by atoms with van der Waals surface area (Å²) in [7, 11) is 3.21. The van der Waals surface area contributed by atoms with Gasteiger partial charge in [-0.3, -0.25) is 9.78 Å². The zero-order valence-corrected chi connectivity index (χ0v) is 16.2. The van der Waals surface area contributed by atoms with Crippen molar-refractivity contribution < 1.29 is 14.3 Å². The fourth-order valence-corrected chi connectivity index (χ4v) is 3.09. The normalized spacial score (nSPS) is 11.4.